The number of aromatic nitrogens is 2. The fourth-order valence-electron chi connectivity index (χ4n) is 0.950. The maximum atomic E-state index is 10.3. The highest BCUT2D eigenvalue weighted by atomic mass is 32.3. The zero-order chi connectivity index (χ0) is 10.1. The highest BCUT2D eigenvalue weighted by molar-refractivity contribution is 7.81. The number of H-pyrrole nitrogens is 1. The van der Waals surface area contributed by atoms with Gasteiger partial charge in [0.15, 0.2) is 0 Å². The van der Waals surface area contributed by atoms with E-state index in [1.807, 2.05) is 6.92 Å². The summed E-state index contributed by atoms with van der Waals surface area (Å²) >= 11 is 0. The predicted molar refractivity (Wildman–Crippen MR) is 44.9 cm³/mol. The molecule has 1 rings (SSSR count). The fourth-order valence-corrected chi connectivity index (χ4v) is 1.23. The van der Waals surface area contributed by atoms with Crippen LogP contribution in [0.15, 0.2) is 0 Å². The van der Waals surface area contributed by atoms with Crippen molar-refractivity contribution in [3.8, 4) is 6.01 Å². The molecule has 0 aromatic carbocycles. The summed E-state index contributed by atoms with van der Waals surface area (Å²) in [7, 11) is -4.48. The van der Waals surface area contributed by atoms with E-state index in [1.165, 1.54) is 0 Å². The predicted octanol–water partition coefficient (Wildman–Crippen LogP) is 0.462. The lowest BCUT2D eigenvalue weighted by Gasteiger charge is -1.93. The number of aromatic amines is 1. The average molecular weight is 206 g/mol. The summed E-state index contributed by atoms with van der Waals surface area (Å²) in [5.41, 5.74) is 1.43. The molecular weight excluding hydrogens is 196 g/mol. The lowest BCUT2D eigenvalue weighted by Crippen LogP contribution is -2.07. The van der Waals surface area contributed by atoms with E-state index in [9.17, 15) is 8.42 Å². The Balaban J connectivity index is 2.92. The van der Waals surface area contributed by atoms with E-state index in [0.717, 1.165) is 5.69 Å². The number of nitrogens with zero attached hydrogens (tertiary/aromatic N) is 1. The van der Waals surface area contributed by atoms with E-state index < -0.39 is 10.4 Å². The maximum absolute atomic E-state index is 10.3. The molecule has 1 heterocycles. The first kappa shape index (κ1) is 10.0. The van der Waals surface area contributed by atoms with Gasteiger partial charge >= 0.3 is 16.4 Å². The Kier molecular flexibility index (Phi) is 2.58. The molecule has 13 heavy (non-hydrogen) atoms. The lowest BCUT2D eigenvalue weighted by molar-refractivity contribution is 0.375. The van der Waals surface area contributed by atoms with E-state index in [-0.39, 0.29) is 6.01 Å². The smallest absolute Gasteiger partial charge is 0.324 e. The maximum Gasteiger partial charge on any atom is 0.449 e. The van der Waals surface area contributed by atoms with Gasteiger partial charge in [0.2, 0.25) is 0 Å². The number of rotatable bonds is 3. The third-order valence-electron chi connectivity index (χ3n) is 1.48. The molecule has 6 nitrogen and oxygen atoms in total. The molecule has 0 bridgehead atoms. The second-order valence-electron chi connectivity index (χ2n) is 2.48. The standard InChI is InChI=1S/C6H10N2O4S/c1-3-5-4(2)7-6(8-5)12-13(9,10)11/h3H2,1-2H3,(H,7,8)(H,9,10,11). The molecule has 0 fully saturated rings. The van der Waals surface area contributed by atoms with Crippen molar-refractivity contribution in [1.82, 2.24) is 9.97 Å². The minimum atomic E-state index is -4.48. The van der Waals surface area contributed by atoms with Gasteiger partial charge in [-0.15, -0.1) is 0 Å². The molecule has 7 heteroatoms. The van der Waals surface area contributed by atoms with Crippen molar-refractivity contribution in [3.63, 3.8) is 0 Å². The van der Waals surface area contributed by atoms with Crippen molar-refractivity contribution in [3.05, 3.63) is 11.4 Å². The molecule has 0 spiro atoms. The van der Waals surface area contributed by atoms with Crippen LogP contribution in [0.2, 0.25) is 0 Å². The first-order valence-corrected chi connectivity index (χ1v) is 5.01. The lowest BCUT2D eigenvalue weighted by atomic mass is 10.3. The molecule has 0 saturated carbocycles. The van der Waals surface area contributed by atoms with Crippen LogP contribution in [0.1, 0.15) is 18.3 Å². The molecule has 0 saturated heterocycles. The van der Waals surface area contributed by atoms with Crippen LogP contribution in [0, 0.1) is 6.92 Å². The Hall–Kier alpha value is -1.08. The number of hydrogen-bond donors (Lipinski definition) is 2. The minimum Gasteiger partial charge on any atom is -0.324 e. The highest BCUT2D eigenvalue weighted by Crippen LogP contribution is 2.12. The zero-order valence-electron chi connectivity index (χ0n) is 7.23. The van der Waals surface area contributed by atoms with Crippen LogP contribution >= 0.6 is 0 Å². The van der Waals surface area contributed by atoms with Gasteiger partial charge < -0.3 is 9.17 Å². The molecule has 74 valence electrons. The van der Waals surface area contributed by atoms with Gasteiger partial charge in [-0.25, -0.2) is 0 Å². The second kappa shape index (κ2) is 3.35. The van der Waals surface area contributed by atoms with Gasteiger partial charge in [0.25, 0.3) is 0 Å². The summed E-state index contributed by atoms with van der Waals surface area (Å²) < 4.78 is 33.0. The van der Waals surface area contributed by atoms with Gasteiger partial charge in [-0.05, 0) is 13.3 Å². The topological polar surface area (TPSA) is 92.3 Å². The highest BCUT2D eigenvalue weighted by Gasteiger charge is 2.12. The number of nitrogens with one attached hydrogen (secondary N) is 1. The third-order valence-corrected chi connectivity index (χ3v) is 1.85. The number of aryl methyl sites for hydroxylation is 2. The van der Waals surface area contributed by atoms with E-state index >= 15 is 0 Å². The van der Waals surface area contributed by atoms with Crippen molar-refractivity contribution >= 4 is 10.4 Å². The van der Waals surface area contributed by atoms with Crippen LogP contribution in [-0.2, 0) is 16.8 Å². The van der Waals surface area contributed by atoms with Crippen molar-refractivity contribution in [2.24, 2.45) is 0 Å². The molecule has 0 unspecified atom stereocenters. The van der Waals surface area contributed by atoms with Gasteiger partial charge in [0.1, 0.15) is 0 Å². The molecule has 0 atom stereocenters. The molecular formula is C6H10N2O4S. The van der Waals surface area contributed by atoms with Gasteiger partial charge in [-0.2, -0.15) is 13.4 Å². The number of imidazole rings is 1. The Bertz CT molecular complexity index is 395. The molecule has 1 aromatic heterocycles. The summed E-state index contributed by atoms with van der Waals surface area (Å²) in [6.07, 6.45) is 0.664. The van der Waals surface area contributed by atoms with Crippen molar-refractivity contribution in [1.29, 1.82) is 0 Å². The summed E-state index contributed by atoms with van der Waals surface area (Å²) in [5, 5.41) is 0. The van der Waals surface area contributed by atoms with Gasteiger partial charge in [0.05, 0.1) is 5.69 Å². The molecule has 2 N–H and O–H groups in total. The summed E-state index contributed by atoms with van der Waals surface area (Å²) in [5.74, 6) is 0. The largest absolute Gasteiger partial charge is 0.449 e. The molecule has 0 aliphatic rings. The Morgan fingerprint density at radius 3 is 2.62 bits per heavy atom. The quantitative estimate of drug-likeness (QED) is 0.701. The van der Waals surface area contributed by atoms with Gasteiger partial charge in [0, 0.05) is 5.69 Å². The first-order chi connectivity index (χ1) is 5.92. The molecule has 0 amide bonds. The monoisotopic (exact) mass is 206 g/mol. The van der Waals surface area contributed by atoms with E-state index in [4.69, 9.17) is 4.55 Å². The summed E-state index contributed by atoms with van der Waals surface area (Å²) in [6.45, 7) is 3.61. The van der Waals surface area contributed by atoms with E-state index in [2.05, 4.69) is 14.2 Å². The zero-order valence-corrected chi connectivity index (χ0v) is 8.05. The van der Waals surface area contributed by atoms with Crippen molar-refractivity contribution in [2.75, 3.05) is 0 Å². The molecule has 1 aromatic rings. The van der Waals surface area contributed by atoms with Crippen LogP contribution in [0.5, 0.6) is 6.01 Å². The normalized spacial score (nSPS) is 11.6. The SMILES string of the molecule is CCc1nc(OS(=O)(=O)O)[nH]c1C. The van der Waals surface area contributed by atoms with Crippen molar-refractivity contribution in [2.45, 2.75) is 20.3 Å². The van der Waals surface area contributed by atoms with E-state index in [0.29, 0.717) is 12.1 Å². The Labute approximate surface area is 75.9 Å². The third kappa shape index (κ3) is 2.71. The van der Waals surface area contributed by atoms with Crippen LogP contribution < -0.4 is 4.18 Å². The first-order valence-electron chi connectivity index (χ1n) is 3.64. The van der Waals surface area contributed by atoms with Crippen LogP contribution in [0.4, 0.5) is 0 Å². The average Bonchev–Trinajstić information content (AvgIpc) is 2.26. The summed E-state index contributed by atoms with van der Waals surface area (Å²) in [4.78, 5) is 6.38. The Morgan fingerprint density at radius 1 is 1.62 bits per heavy atom. The van der Waals surface area contributed by atoms with Crippen LogP contribution in [0.25, 0.3) is 0 Å². The van der Waals surface area contributed by atoms with Gasteiger partial charge in [-0.1, -0.05) is 6.92 Å². The molecule has 0 aliphatic carbocycles. The number of hydrogen-bond acceptors (Lipinski definition) is 4. The fraction of sp³-hybridized carbons (Fsp3) is 0.500. The van der Waals surface area contributed by atoms with Crippen molar-refractivity contribution < 1.29 is 17.2 Å². The van der Waals surface area contributed by atoms with E-state index in [1.54, 1.807) is 6.92 Å². The van der Waals surface area contributed by atoms with Crippen LogP contribution in [-0.4, -0.2) is 22.9 Å². The van der Waals surface area contributed by atoms with Crippen LogP contribution in [0.3, 0.4) is 0 Å². The second-order valence-corrected chi connectivity index (χ2v) is 3.50. The summed E-state index contributed by atoms with van der Waals surface area (Å²) in [6, 6.07) is -0.211. The minimum absolute atomic E-state index is 0.211. The molecule has 0 aliphatic heterocycles. The molecule has 0 radical (unpaired) electrons. The van der Waals surface area contributed by atoms with Gasteiger partial charge in [-0.3, -0.25) is 4.55 Å². The Morgan fingerprint density at radius 2 is 2.23 bits per heavy atom.